The van der Waals surface area contributed by atoms with Gasteiger partial charge in [-0.15, -0.1) is 0 Å². The maximum atomic E-state index is 9.87. The number of benzene rings is 1. The topological polar surface area (TPSA) is 23.5 Å². The Hall–Kier alpha value is -1.38. The van der Waals surface area contributed by atoms with Crippen molar-refractivity contribution in [2.75, 3.05) is 6.73 Å². The van der Waals surface area contributed by atoms with Crippen LogP contribution in [0.2, 0.25) is 0 Å². The zero-order chi connectivity index (χ0) is 13.7. The Morgan fingerprint density at radius 1 is 1.30 bits per heavy atom. The molecule has 20 heavy (non-hydrogen) atoms. The first kappa shape index (κ1) is 12.4. The van der Waals surface area contributed by atoms with Crippen molar-refractivity contribution in [3.05, 3.63) is 59.2 Å². The molecule has 2 heterocycles. The predicted octanol–water partition coefficient (Wildman–Crippen LogP) is 2.85. The van der Waals surface area contributed by atoms with Crippen molar-refractivity contribution in [3.63, 3.8) is 0 Å². The van der Waals surface area contributed by atoms with Crippen LogP contribution in [-0.2, 0) is 6.42 Å². The van der Waals surface area contributed by atoms with Crippen LogP contribution in [-0.4, -0.2) is 28.8 Å². The van der Waals surface area contributed by atoms with E-state index < -0.39 is 0 Å². The number of hydrogen-bond acceptors (Lipinski definition) is 2. The Labute approximate surface area is 120 Å². The highest BCUT2D eigenvalue weighted by Gasteiger charge is 2.47. The number of hydrogen-bond donors (Lipinski definition) is 1. The molecule has 1 N–H and O–H groups in total. The van der Waals surface area contributed by atoms with Crippen molar-refractivity contribution in [1.82, 2.24) is 4.90 Å². The Kier molecular flexibility index (Phi) is 2.83. The fourth-order valence-corrected chi connectivity index (χ4v) is 4.56. The van der Waals surface area contributed by atoms with E-state index in [1.165, 1.54) is 11.1 Å². The molecule has 2 aliphatic heterocycles. The molecule has 2 bridgehead atoms. The van der Waals surface area contributed by atoms with Gasteiger partial charge >= 0.3 is 0 Å². The van der Waals surface area contributed by atoms with Crippen molar-refractivity contribution < 1.29 is 5.11 Å². The summed E-state index contributed by atoms with van der Waals surface area (Å²) in [6.45, 7) is 2.44. The lowest BCUT2D eigenvalue weighted by Gasteiger charge is -2.48. The number of aliphatic hydroxyl groups is 1. The summed E-state index contributed by atoms with van der Waals surface area (Å²) in [6, 6.07) is 9.67. The molecule has 1 aromatic carbocycles. The van der Waals surface area contributed by atoms with Crippen LogP contribution in [0, 0.1) is 5.92 Å². The molecule has 1 fully saturated rings. The number of allylic oxidation sites excluding steroid dienone is 3. The van der Waals surface area contributed by atoms with Crippen molar-refractivity contribution in [2.24, 2.45) is 5.92 Å². The normalized spacial score (nSPS) is 35.2. The van der Waals surface area contributed by atoms with Crippen LogP contribution in [0.3, 0.4) is 0 Å². The number of rotatable bonds is 1. The van der Waals surface area contributed by atoms with E-state index in [2.05, 4.69) is 54.3 Å². The van der Waals surface area contributed by atoms with Gasteiger partial charge in [-0.1, -0.05) is 48.1 Å². The van der Waals surface area contributed by atoms with E-state index in [0.717, 1.165) is 12.8 Å². The highest BCUT2D eigenvalue weighted by Crippen LogP contribution is 2.50. The fraction of sp³-hybridized carbons (Fsp3) is 0.444. The molecule has 0 unspecified atom stereocenters. The van der Waals surface area contributed by atoms with Gasteiger partial charge in [0, 0.05) is 23.9 Å². The third-order valence-electron chi connectivity index (χ3n) is 5.48. The molecule has 0 amide bonds. The van der Waals surface area contributed by atoms with E-state index in [-0.39, 0.29) is 6.73 Å². The molecule has 2 heteroatoms. The Morgan fingerprint density at radius 2 is 2.15 bits per heavy atom. The first-order chi connectivity index (χ1) is 9.81. The predicted molar refractivity (Wildman–Crippen MR) is 80.4 cm³/mol. The lowest BCUT2D eigenvalue weighted by molar-refractivity contribution is -0.00399. The Morgan fingerprint density at radius 3 is 3.00 bits per heavy atom. The summed E-state index contributed by atoms with van der Waals surface area (Å²) in [4.78, 5) is 2.31. The lowest BCUT2D eigenvalue weighted by atomic mass is 9.71. The molecule has 0 radical (unpaired) electrons. The monoisotopic (exact) mass is 267 g/mol. The first-order valence-corrected chi connectivity index (χ1v) is 7.62. The van der Waals surface area contributed by atoms with E-state index in [0.29, 0.717) is 23.9 Å². The van der Waals surface area contributed by atoms with Crippen LogP contribution < -0.4 is 0 Å². The zero-order valence-corrected chi connectivity index (χ0v) is 11.9. The van der Waals surface area contributed by atoms with Crippen LogP contribution in [0.25, 0.3) is 0 Å². The second-order valence-electron chi connectivity index (χ2n) is 6.28. The van der Waals surface area contributed by atoms with E-state index in [9.17, 15) is 5.11 Å². The van der Waals surface area contributed by atoms with Crippen molar-refractivity contribution in [2.45, 2.75) is 37.8 Å². The van der Waals surface area contributed by atoms with Gasteiger partial charge in [-0.3, -0.25) is 4.90 Å². The lowest BCUT2D eigenvalue weighted by Crippen LogP contribution is -2.53. The van der Waals surface area contributed by atoms with Crippen molar-refractivity contribution in [3.8, 4) is 0 Å². The first-order valence-electron chi connectivity index (χ1n) is 7.62. The van der Waals surface area contributed by atoms with Crippen LogP contribution in [0.5, 0.6) is 0 Å². The molecular weight excluding hydrogens is 246 g/mol. The molecule has 2 aliphatic carbocycles. The maximum Gasteiger partial charge on any atom is 0.0961 e. The molecular formula is C18H21NO. The summed E-state index contributed by atoms with van der Waals surface area (Å²) in [5, 5.41) is 9.87. The number of fused-ring (bicyclic) bond motifs is 1. The standard InChI is InChI=1S/C18H21NO/c1-12-18-14-7-3-2-6-13(14)10-17(19(12)11-20)15-8-4-5-9-16(15)18/h2-7,9,12,15,17-18,20H,8,10-11H2,1H3/t12-,15-,17+,18+/m0/s1. The smallest absolute Gasteiger partial charge is 0.0961 e. The van der Waals surface area contributed by atoms with Crippen molar-refractivity contribution in [1.29, 1.82) is 0 Å². The minimum atomic E-state index is 0.170. The largest absolute Gasteiger partial charge is 0.381 e. The molecule has 4 aliphatic rings. The number of piperidine rings is 1. The molecule has 1 saturated heterocycles. The van der Waals surface area contributed by atoms with Crippen LogP contribution >= 0.6 is 0 Å². The minimum absolute atomic E-state index is 0.170. The molecule has 5 rings (SSSR count). The highest BCUT2D eigenvalue weighted by molar-refractivity contribution is 5.46. The van der Waals surface area contributed by atoms with E-state index in [1.807, 2.05) is 0 Å². The molecule has 0 spiro atoms. The van der Waals surface area contributed by atoms with E-state index >= 15 is 0 Å². The Bertz CT molecular complexity index is 589. The minimum Gasteiger partial charge on any atom is -0.381 e. The summed E-state index contributed by atoms with van der Waals surface area (Å²) < 4.78 is 0. The van der Waals surface area contributed by atoms with Gasteiger partial charge in [-0.05, 0) is 30.9 Å². The second-order valence-corrected chi connectivity index (χ2v) is 6.28. The van der Waals surface area contributed by atoms with Gasteiger partial charge in [0.1, 0.15) is 0 Å². The zero-order valence-electron chi connectivity index (χ0n) is 11.9. The maximum absolute atomic E-state index is 9.87. The van der Waals surface area contributed by atoms with Gasteiger partial charge in [0.25, 0.3) is 0 Å². The molecule has 2 nitrogen and oxygen atoms in total. The Balaban J connectivity index is 1.93. The third kappa shape index (κ3) is 1.58. The van der Waals surface area contributed by atoms with Crippen LogP contribution in [0.1, 0.15) is 30.4 Å². The fourth-order valence-electron chi connectivity index (χ4n) is 4.56. The van der Waals surface area contributed by atoms with E-state index in [4.69, 9.17) is 0 Å². The summed E-state index contributed by atoms with van der Waals surface area (Å²) in [7, 11) is 0. The van der Waals surface area contributed by atoms with Gasteiger partial charge in [-0.2, -0.15) is 0 Å². The average molecular weight is 267 g/mol. The average Bonchev–Trinajstić information content (AvgIpc) is 2.70. The summed E-state index contributed by atoms with van der Waals surface area (Å²) in [5.74, 6) is 1.01. The van der Waals surface area contributed by atoms with Gasteiger partial charge in [0.05, 0.1) is 6.73 Å². The summed E-state index contributed by atoms with van der Waals surface area (Å²) in [6.07, 6.45) is 9.00. The van der Waals surface area contributed by atoms with Gasteiger partial charge in [0.2, 0.25) is 0 Å². The van der Waals surface area contributed by atoms with Gasteiger partial charge in [-0.25, -0.2) is 0 Å². The molecule has 1 aromatic rings. The highest BCUT2D eigenvalue weighted by atomic mass is 16.3. The van der Waals surface area contributed by atoms with Crippen molar-refractivity contribution >= 4 is 0 Å². The number of nitrogens with zero attached hydrogens (tertiary/aromatic N) is 1. The van der Waals surface area contributed by atoms with Gasteiger partial charge < -0.3 is 5.11 Å². The van der Waals surface area contributed by atoms with Crippen LogP contribution in [0.15, 0.2) is 48.1 Å². The van der Waals surface area contributed by atoms with Crippen LogP contribution in [0.4, 0.5) is 0 Å². The van der Waals surface area contributed by atoms with E-state index in [1.54, 1.807) is 5.57 Å². The quantitative estimate of drug-likeness (QED) is 0.846. The van der Waals surface area contributed by atoms with Gasteiger partial charge in [0.15, 0.2) is 0 Å². The third-order valence-corrected chi connectivity index (χ3v) is 5.48. The molecule has 0 saturated carbocycles. The molecule has 0 aromatic heterocycles. The molecule has 4 atom stereocenters. The SMILES string of the molecule is C[C@H]1[C@H]2C3=CC=CC[C@@H]3[C@@H](Cc3ccccc32)N1CO. The summed E-state index contributed by atoms with van der Waals surface area (Å²) in [5.41, 5.74) is 4.53. The number of aliphatic hydroxyl groups excluding tert-OH is 1. The second kappa shape index (κ2) is 4.57. The summed E-state index contributed by atoms with van der Waals surface area (Å²) >= 11 is 0. The molecule has 104 valence electrons.